The highest BCUT2D eigenvalue weighted by Gasteiger charge is 2.09. The normalized spacial score (nSPS) is 10.6. The van der Waals surface area contributed by atoms with Crippen LogP contribution in [-0.4, -0.2) is 21.3 Å². The van der Waals surface area contributed by atoms with Crippen molar-refractivity contribution in [2.45, 2.75) is 13.3 Å². The standard InChI is InChI=1S/C10H10N2O2/c1-6-3-2-4-7-8(5-9(13)14)11-12-10(6)7/h2-4H,5H2,1H3,(H,11,12)(H,13,14). The molecule has 0 saturated carbocycles. The minimum Gasteiger partial charge on any atom is -0.481 e. The summed E-state index contributed by atoms with van der Waals surface area (Å²) in [6.45, 7) is 1.95. The Morgan fingerprint density at radius 2 is 2.36 bits per heavy atom. The molecule has 72 valence electrons. The Morgan fingerprint density at radius 3 is 3.07 bits per heavy atom. The fourth-order valence-electron chi connectivity index (χ4n) is 1.52. The highest BCUT2D eigenvalue weighted by molar-refractivity contribution is 5.87. The van der Waals surface area contributed by atoms with Crippen LogP contribution in [0.2, 0.25) is 0 Å². The number of hydrogen-bond donors (Lipinski definition) is 2. The molecule has 14 heavy (non-hydrogen) atoms. The minimum absolute atomic E-state index is 0.0139. The predicted octanol–water partition coefficient (Wildman–Crippen LogP) is 1.50. The van der Waals surface area contributed by atoms with Gasteiger partial charge in [0.05, 0.1) is 17.6 Å². The van der Waals surface area contributed by atoms with Gasteiger partial charge in [-0.3, -0.25) is 9.89 Å². The van der Waals surface area contributed by atoms with Crippen LogP contribution in [0.3, 0.4) is 0 Å². The number of carboxylic acid groups (broad SMARTS) is 1. The van der Waals surface area contributed by atoms with Crippen molar-refractivity contribution in [3.63, 3.8) is 0 Å². The average Bonchev–Trinajstić information content (AvgIpc) is 2.49. The van der Waals surface area contributed by atoms with Gasteiger partial charge in [-0.1, -0.05) is 18.2 Å². The molecule has 0 bridgehead atoms. The van der Waals surface area contributed by atoms with E-state index in [1.54, 1.807) is 0 Å². The van der Waals surface area contributed by atoms with E-state index in [1.165, 1.54) is 0 Å². The molecule has 0 fully saturated rings. The summed E-state index contributed by atoms with van der Waals surface area (Å²) in [5.74, 6) is -0.850. The Kier molecular flexibility index (Phi) is 1.96. The number of aromatic nitrogens is 2. The molecule has 0 atom stereocenters. The quantitative estimate of drug-likeness (QED) is 0.754. The van der Waals surface area contributed by atoms with E-state index in [2.05, 4.69) is 10.2 Å². The Morgan fingerprint density at radius 1 is 1.57 bits per heavy atom. The number of aromatic amines is 1. The lowest BCUT2D eigenvalue weighted by molar-refractivity contribution is -0.136. The highest BCUT2D eigenvalue weighted by Crippen LogP contribution is 2.19. The molecule has 1 heterocycles. The van der Waals surface area contributed by atoms with Crippen molar-refractivity contribution in [3.05, 3.63) is 29.5 Å². The molecule has 0 unspecified atom stereocenters. The summed E-state index contributed by atoms with van der Waals surface area (Å²) < 4.78 is 0. The summed E-state index contributed by atoms with van der Waals surface area (Å²) in [5.41, 5.74) is 2.57. The topological polar surface area (TPSA) is 66.0 Å². The summed E-state index contributed by atoms with van der Waals surface area (Å²) in [7, 11) is 0. The van der Waals surface area contributed by atoms with E-state index >= 15 is 0 Å². The number of para-hydroxylation sites is 1. The van der Waals surface area contributed by atoms with Crippen molar-refractivity contribution in [1.82, 2.24) is 10.2 Å². The second-order valence-electron chi connectivity index (χ2n) is 3.24. The van der Waals surface area contributed by atoms with Crippen LogP contribution in [0.4, 0.5) is 0 Å². The van der Waals surface area contributed by atoms with Crippen LogP contribution in [0, 0.1) is 6.92 Å². The second kappa shape index (κ2) is 3.14. The number of carboxylic acids is 1. The monoisotopic (exact) mass is 190 g/mol. The third-order valence-electron chi connectivity index (χ3n) is 2.19. The molecule has 0 aliphatic heterocycles. The molecule has 4 nitrogen and oxygen atoms in total. The lowest BCUT2D eigenvalue weighted by Crippen LogP contribution is -2.00. The van der Waals surface area contributed by atoms with E-state index in [1.807, 2.05) is 25.1 Å². The lowest BCUT2D eigenvalue weighted by Gasteiger charge is -1.94. The number of fused-ring (bicyclic) bond motifs is 1. The highest BCUT2D eigenvalue weighted by atomic mass is 16.4. The summed E-state index contributed by atoms with van der Waals surface area (Å²) in [6.07, 6.45) is -0.0139. The molecule has 4 heteroatoms. The summed E-state index contributed by atoms with van der Waals surface area (Å²) in [4.78, 5) is 10.5. The summed E-state index contributed by atoms with van der Waals surface area (Å²) in [5, 5.41) is 16.4. The van der Waals surface area contributed by atoms with Gasteiger partial charge in [-0.05, 0) is 12.5 Å². The fraction of sp³-hybridized carbons (Fsp3) is 0.200. The van der Waals surface area contributed by atoms with Crippen LogP contribution in [0.5, 0.6) is 0 Å². The Bertz CT molecular complexity index is 488. The fourth-order valence-corrected chi connectivity index (χ4v) is 1.52. The van der Waals surface area contributed by atoms with E-state index in [0.29, 0.717) is 5.69 Å². The van der Waals surface area contributed by atoms with E-state index in [4.69, 9.17) is 5.11 Å². The average molecular weight is 190 g/mol. The predicted molar refractivity (Wildman–Crippen MR) is 52.2 cm³/mol. The van der Waals surface area contributed by atoms with Gasteiger partial charge < -0.3 is 5.11 Å². The number of benzene rings is 1. The lowest BCUT2D eigenvalue weighted by atomic mass is 10.1. The molecule has 0 saturated heterocycles. The number of aliphatic carboxylic acids is 1. The number of nitrogens with one attached hydrogen (secondary N) is 1. The zero-order chi connectivity index (χ0) is 10.1. The van der Waals surface area contributed by atoms with Gasteiger partial charge in [0.1, 0.15) is 0 Å². The van der Waals surface area contributed by atoms with Crippen LogP contribution in [0.1, 0.15) is 11.3 Å². The van der Waals surface area contributed by atoms with Gasteiger partial charge in [0, 0.05) is 5.39 Å². The van der Waals surface area contributed by atoms with Gasteiger partial charge in [-0.15, -0.1) is 0 Å². The molecule has 2 N–H and O–H groups in total. The number of hydrogen-bond acceptors (Lipinski definition) is 2. The van der Waals surface area contributed by atoms with Crippen molar-refractivity contribution in [2.24, 2.45) is 0 Å². The van der Waals surface area contributed by atoms with Crippen LogP contribution in [0.15, 0.2) is 18.2 Å². The first-order valence-electron chi connectivity index (χ1n) is 4.33. The molecule has 1 aromatic carbocycles. The molecule has 2 aromatic rings. The number of nitrogens with zero attached hydrogens (tertiary/aromatic N) is 1. The van der Waals surface area contributed by atoms with Crippen molar-refractivity contribution in [3.8, 4) is 0 Å². The maximum absolute atomic E-state index is 10.5. The van der Waals surface area contributed by atoms with Crippen LogP contribution >= 0.6 is 0 Å². The summed E-state index contributed by atoms with van der Waals surface area (Å²) >= 11 is 0. The first kappa shape index (κ1) is 8.74. The first-order valence-corrected chi connectivity index (χ1v) is 4.33. The van der Waals surface area contributed by atoms with E-state index in [9.17, 15) is 4.79 Å². The maximum atomic E-state index is 10.5. The SMILES string of the molecule is Cc1cccc2c(CC(=O)O)[nH]nc12. The van der Waals surface area contributed by atoms with Crippen molar-refractivity contribution in [2.75, 3.05) is 0 Å². The molecular formula is C10H10N2O2. The molecule has 0 radical (unpaired) electrons. The van der Waals surface area contributed by atoms with E-state index < -0.39 is 5.97 Å². The first-order chi connectivity index (χ1) is 6.68. The second-order valence-corrected chi connectivity index (χ2v) is 3.24. The van der Waals surface area contributed by atoms with Gasteiger partial charge in [0.2, 0.25) is 0 Å². The smallest absolute Gasteiger partial charge is 0.309 e. The molecule has 0 amide bonds. The van der Waals surface area contributed by atoms with E-state index in [-0.39, 0.29) is 6.42 Å². The zero-order valence-electron chi connectivity index (χ0n) is 7.74. The molecule has 0 spiro atoms. The number of H-pyrrole nitrogens is 1. The van der Waals surface area contributed by atoms with Crippen LogP contribution < -0.4 is 0 Å². The number of carbonyl (C=O) groups is 1. The summed E-state index contributed by atoms with van der Waals surface area (Å²) in [6, 6.07) is 5.73. The maximum Gasteiger partial charge on any atom is 0.309 e. The third kappa shape index (κ3) is 1.35. The van der Waals surface area contributed by atoms with Gasteiger partial charge in [0.15, 0.2) is 0 Å². The zero-order valence-corrected chi connectivity index (χ0v) is 7.74. The molecule has 0 aliphatic carbocycles. The number of rotatable bonds is 2. The van der Waals surface area contributed by atoms with Gasteiger partial charge in [-0.2, -0.15) is 5.10 Å². The largest absolute Gasteiger partial charge is 0.481 e. The van der Waals surface area contributed by atoms with Crippen molar-refractivity contribution in [1.29, 1.82) is 0 Å². The molecule has 2 rings (SSSR count). The minimum atomic E-state index is -0.850. The molecule has 1 aromatic heterocycles. The van der Waals surface area contributed by atoms with E-state index in [0.717, 1.165) is 16.5 Å². The number of aryl methyl sites for hydroxylation is 1. The Labute approximate surface area is 80.6 Å². The van der Waals surface area contributed by atoms with Crippen molar-refractivity contribution < 1.29 is 9.90 Å². The van der Waals surface area contributed by atoms with Crippen LogP contribution in [0.25, 0.3) is 10.9 Å². The third-order valence-corrected chi connectivity index (χ3v) is 2.19. The van der Waals surface area contributed by atoms with Crippen LogP contribution in [-0.2, 0) is 11.2 Å². The van der Waals surface area contributed by atoms with Crippen molar-refractivity contribution >= 4 is 16.9 Å². The van der Waals surface area contributed by atoms with Gasteiger partial charge in [-0.25, -0.2) is 0 Å². The Hall–Kier alpha value is -1.84. The molecular weight excluding hydrogens is 180 g/mol. The van der Waals surface area contributed by atoms with Gasteiger partial charge in [0.25, 0.3) is 0 Å². The van der Waals surface area contributed by atoms with Gasteiger partial charge >= 0.3 is 5.97 Å². The molecule has 0 aliphatic rings. The Balaban J connectivity index is 2.58.